The number of hydrogen-bond donors (Lipinski definition) is 2. The molecule has 6 heteroatoms. The van der Waals surface area contributed by atoms with Gasteiger partial charge < -0.3 is 19.7 Å². The van der Waals surface area contributed by atoms with Crippen molar-refractivity contribution >= 4 is 17.4 Å². The molecule has 0 aromatic heterocycles. The monoisotopic (exact) mass is 397 g/mol. The summed E-state index contributed by atoms with van der Waals surface area (Å²) >= 11 is 0. The van der Waals surface area contributed by atoms with Gasteiger partial charge in [0.25, 0.3) is 5.91 Å². The maximum Gasteiger partial charge on any atom is 0.282 e. The van der Waals surface area contributed by atoms with E-state index in [4.69, 9.17) is 9.47 Å². The minimum atomic E-state index is -0.231. The molecule has 2 aromatic carbocycles. The second-order valence-corrected chi connectivity index (χ2v) is 7.47. The summed E-state index contributed by atoms with van der Waals surface area (Å²) in [5, 5.41) is 2.98. The van der Waals surface area contributed by atoms with Gasteiger partial charge in [-0.2, -0.15) is 0 Å². The molecule has 1 aliphatic rings. The molecule has 0 spiro atoms. The molecule has 29 heavy (non-hydrogen) atoms. The molecule has 1 heterocycles. The molecule has 1 saturated heterocycles. The van der Waals surface area contributed by atoms with Gasteiger partial charge in [0.15, 0.2) is 11.8 Å². The van der Waals surface area contributed by atoms with Crippen LogP contribution in [0.5, 0.6) is 11.5 Å². The average molecular weight is 397 g/mol. The van der Waals surface area contributed by atoms with Gasteiger partial charge in [-0.05, 0) is 56.3 Å². The van der Waals surface area contributed by atoms with E-state index in [2.05, 4.69) is 5.32 Å². The van der Waals surface area contributed by atoms with E-state index >= 15 is 0 Å². The Labute approximate surface area is 171 Å². The van der Waals surface area contributed by atoms with E-state index in [-0.39, 0.29) is 23.8 Å². The maximum absolute atomic E-state index is 12.9. The first kappa shape index (κ1) is 20.9. The van der Waals surface area contributed by atoms with Gasteiger partial charge in [-0.1, -0.05) is 0 Å². The fraction of sp³-hybridized carbons (Fsp3) is 0.391. The third-order valence-electron chi connectivity index (χ3n) is 5.73. The summed E-state index contributed by atoms with van der Waals surface area (Å²) in [5.74, 6) is 1.58. The number of amides is 1. The lowest BCUT2D eigenvalue weighted by Gasteiger charge is -2.28. The predicted octanol–water partition coefficient (Wildman–Crippen LogP) is 2.65. The Morgan fingerprint density at radius 1 is 1.10 bits per heavy atom. The third-order valence-corrected chi connectivity index (χ3v) is 5.73. The molecule has 3 atom stereocenters. The molecule has 2 N–H and O–H groups in total. The molecule has 0 radical (unpaired) electrons. The van der Waals surface area contributed by atoms with Gasteiger partial charge in [-0.25, -0.2) is 0 Å². The summed E-state index contributed by atoms with van der Waals surface area (Å²) in [6, 6.07) is 12.8. The molecular weight excluding hydrogens is 368 g/mol. The Hall–Kier alpha value is -2.86. The second-order valence-electron chi connectivity index (χ2n) is 7.47. The highest BCUT2D eigenvalue weighted by Gasteiger charge is 2.38. The fourth-order valence-corrected chi connectivity index (χ4v) is 4.06. The first-order chi connectivity index (χ1) is 13.9. The van der Waals surface area contributed by atoms with Gasteiger partial charge in [0.05, 0.1) is 26.3 Å². The van der Waals surface area contributed by atoms with Crippen LogP contribution in [0.15, 0.2) is 42.5 Å². The summed E-state index contributed by atoms with van der Waals surface area (Å²) < 4.78 is 11.0. The number of ether oxygens (including phenoxy) is 2. The number of Topliss-reactive ketones (excluding diaryl/α,β-unsaturated/α-hetero) is 1. The zero-order valence-corrected chi connectivity index (χ0v) is 17.5. The minimum Gasteiger partial charge on any atom is -0.497 e. The summed E-state index contributed by atoms with van der Waals surface area (Å²) in [6.07, 6.45) is 2.04. The number of rotatable bonds is 7. The van der Waals surface area contributed by atoms with Gasteiger partial charge in [-0.3, -0.25) is 9.59 Å². The smallest absolute Gasteiger partial charge is 0.282 e. The van der Waals surface area contributed by atoms with Crippen LogP contribution in [-0.2, 0) is 4.79 Å². The summed E-state index contributed by atoms with van der Waals surface area (Å²) in [5.41, 5.74) is 2.40. The zero-order valence-electron chi connectivity index (χ0n) is 17.5. The highest BCUT2D eigenvalue weighted by molar-refractivity contribution is 5.96. The first-order valence-electron chi connectivity index (χ1n) is 9.94. The summed E-state index contributed by atoms with van der Waals surface area (Å²) in [7, 11) is 3.32. The van der Waals surface area contributed by atoms with Crippen molar-refractivity contribution in [2.45, 2.75) is 38.8 Å². The average Bonchev–Trinajstić information content (AvgIpc) is 3.22. The standard InChI is InChI=1S/C23H28N2O4/c1-15(23(27)24-18-9-7-17(8-10-18)16(2)26)25-13-5-6-21(25)20-14-19(28-3)11-12-22(20)29-4/h7-12,14-15,21H,5-6,13H2,1-4H3,(H,24,27)/p+1/t15-,21-/m1/s1. The molecule has 154 valence electrons. The van der Waals surface area contributed by atoms with Crippen LogP contribution in [0.1, 0.15) is 48.7 Å². The molecule has 1 amide bonds. The number of carbonyl (C=O) groups is 2. The molecule has 1 aliphatic heterocycles. The molecule has 1 unspecified atom stereocenters. The van der Waals surface area contributed by atoms with E-state index in [1.165, 1.54) is 11.8 Å². The number of hydrogen-bond acceptors (Lipinski definition) is 4. The van der Waals surface area contributed by atoms with Gasteiger partial charge in [0.1, 0.15) is 17.5 Å². The summed E-state index contributed by atoms with van der Waals surface area (Å²) in [4.78, 5) is 25.6. The normalized spacial score (nSPS) is 19.4. The Balaban J connectivity index is 1.76. The Morgan fingerprint density at radius 2 is 1.83 bits per heavy atom. The molecule has 0 aliphatic carbocycles. The highest BCUT2D eigenvalue weighted by atomic mass is 16.5. The third kappa shape index (κ3) is 4.59. The fourth-order valence-electron chi connectivity index (χ4n) is 4.06. The van der Waals surface area contributed by atoms with E-state index in [1.807, 2.05) is 25.1 Å². The minimum absolute atomic E-state index is 0.00725. The van der Waals surface area contributed by atoms with Crippen molar-refractivity contribution in [1.29, 1.82) is 0 Å². The van der Waals surface area contributed by atoms with Crippen molar-refractivity contribution in [3.8, 4) is 11.5 Å². The molecule has 0 saturated carbocycles. The van der Waals surface area contributed by atoms with Crippen LogP contribution in [0, 0.1) is 0 Å². The number of ketones is 1. The number of methoxy groups -OCH3 is 2. The lowest BCUT2D eigenvalue weighted by molar-refractivity contribution is -0.932. The van der Waals surface area contributed by atoms with Crippen LogP contribution in [0.3, 0.4) is 0 Å². The number of carbonyl (C=O) groups excluding carboxylic acids is 2. The van der Waals surface area contributed by atoms with Crippen LogP contribution < -0.4 is 19.7 Å². The Bertz CT molecular complexity index is 879. The van der Waals surface area contributed by atoms with E-state index < -0.39 is 0 Å². The van der Waals surface area contributed by atoms with Gasteiger partial charge in [0, 0.05) is 24.1 Å². The van der Waals surface area contributed by atoms with Crippen LogP contribution in [0.4, 0.5) is 5.69 Å². The van der Waals surface area contributed by atoms with Crippen molar-refractivity contribution < 1.29 is 24.0 Å². The first-order valence-corrected chi connectivity index (χ1v) is 9.94. The van der Waals surface area contributed by atoms with Gasteiger partial charge >= 0.3 is 0 Å². The van der Waals surface area contributed by atoms with Crippen LogP contribution in [0.25, 0.3) is 0 Å². The molecule has 6 nitrogen and oxygen atoms in total. The van der Waals surface area contributed by atoms with E-state index in [0.717, 1.165) is 36.4 Å². The van der Waals surface area contributed by atoms with E-state index in [0.29, 0.717) is 11.3 Å². The van der Waals surface area contributed by atoms with Crippen LogP contribution in [0.2, 0.25) is 0 Å². The van der Waals surface area contributed by atoms with Crippen LogP contribution >= 0.6 is 0 Å². The molecule has 2 aromatic rings. The maximum atomic E-state index is 12.9. The van der Waals surface area contributed by atoms with Crippen molar-refractivity contribution in [2.75, 3.05) is 26.1 Å². The molecule has 3 rings (SSSR count). The SMILES string of the molecule is COc1ccc(OC)c([C@H]2CCC[NH+]2[C@H](C)C(=O)Nc2ccc(C(C)=O)cc2)c1. The van der Waals surface area contributed by atoms with E-state index in [9.17, 15) is 9.59 Å². The van der Waals surface area contributed by atoms with Crippen LogP contribution in [-0.4, -0.2) is 38.5 Å². The Kier molecular flexibility index (Phi) is 6.54. The molecular formula is C23H29N2O4+. The topological polar surface area (TPSA) is 69.1 Å². The van der Waals surface area contributed by atoms with Crippen molar-refractivity contribution in [3.05, 3.63) is 53.6 Å². The quantitative estimate of drug-likeness (QED) is 0.705. The second kappa shape index (κ2) is 9.09. The van der Waals surface area contributed by atoms with Crippen molar-refractivity contribution in [1.82, 2.24) is 0 Å². The van der Waals surface area contributed by atoms with Gasteiger partial charge in [-0.15, -0.1) is 0 Å². The molecule has 0 bridgehead atoms. The predicted molar refractivity (Wildman–Crippen MR) is 112 cm³/mol. The lowest BCUT2D eigenvalue weighted by atomic mass is 10.0. The highest BCUT2D eigenvalue weighted by Crippen LogP contribution is 2.32. The Morgan fingerprint density at radius 3 is 2.45 bits per heavy atom. The van der Waals surface area contributed by atoms with E-state index in [1.54, 1.807) is 38.5 Å². The zero-order chi connectivity index (χ0) is 21.0. The number of likely N-dealkylation sites (tertiary alicyclic amines) is 1. The molecule has 1 fully saturated rings. The van der Waals surface area contributed by atoms with Gasteiger partial charge in [0.2, 0.25) is 0 Å². The number of anilines is 1. The number of quaternary nitrogens is 1. The van der Waals surface area contributed by atoms with Crippen molar-refractivity contribution in [3.63, 3.8) is 0 Å². The number of benzene rings is 2. The summed E-state index contributed by atoms with van der Waals surface area (Å²) in [6.45, 7) is 4.40. The largest absolute Gasteiger partial charge is 0.497 e. The lowest BCUT2D eigenvalue weighted by Crippen LogP contribution is -3.15. The van der Waals surface area contributed by atoms with Crippen molar-refractivity contribution in [2.24, 2.45) is 0 Å². The number of nitrogens with one attached hydrogen (secondary N) is 2.